The Labute approximate surface area is 142 Å². The van der Waals surface area contributed by atoms with Gasteiger partial charge in [0, 0.05) is 6.04 Å². The molecule has 5 nitrogen and oxygen atoms in total. The van der Waals surface area contributed by atoms with Gasteiger partial charge in [-0.15, -0.1) is 0 Å². The molecule has 1 amide bonds. The summed E-state index contributed by atoms with van der Waals surface area (Å²) in [5.74, 6) is 0.190. The third-order valence-electron chi connectivity index (χ3n) is 4.04. The number of hydrogen-bond donors (Lipinski definition) is 3. The fraction of sp³-hybridized carbons (Fsp3) is 0.421. The van der Waals surface area contributed by atoms with Crippen molar-refractivity contribution in [3.63, 3.8) is 0 Å². The second-order valence-corrected chi connectivity index (χ2v) is 6.44. The lowest BCUT2D eigenvalue weighted by molar-refractivity contribution is 0.0932. The van der Waals surface area contributed by atoms with Crippen LogP contribution >= 0.6 is 0 Å². The van der Waals surface area contributed by atoms with Crippen LogP contribution in [-0.4, -0.2) is 23.6 Å². The SMILES string of the molecule is CC(C)CCNC(Cc1ccccc1)C(O)c1occc1C(N)=O. The highest BCUT2D eigenvalue weighted by Gasteiger charge is 2.27. The summed E-state index contributed by atoms with van der Waals surface area (Å²) in [6.07, 6.45) is 2.05. The monoisotopic (exact) mass is 330 g/mol. The van der Waals surface area contributed by atoms with E-state index >= 15 is 0 Å². The largest absolute Gasteiger partial charge is 0.466 e. The van der Waals surface area contributed by atoms with Gasteiger partial charge in [0.15, 0.2) is 0 Å². The fourth-order valence-electron chi connectivity index (χ4n) is 2.66. The van der Waals surface area contributed by atoms with Crippen LogP contribution in [0.1, 0.15) is 48.1 Å². The molecule has 0 radical (unpaired) electrons. The summed E-state index contributed by atoms with van der Waals surface area (Å²) >= 11 is 0. The van der Waals surface area contributed by atoms with E-state index < -0.39 is 12.0 Å². The number of furan rings is 1. The molecule has 0 aliphatic carbocycles. The van der Waals surface area contributed by atoms with Crippen LogP contribution in [0.3, 0.4) is 0 Å². The van der Waals surface area contributed by atoms with Crippen molar-refractivity contribution in [1.29, 1.82) is 0 Å². The second-order valence-electron chi connectivity index (χ2n) is 6.44. The highest BCUT2D eigenvalue weighted by molar-refractivity contribution is 5.93. The smallest absolute Gasteiger partial charge is 0.252 e. The maximum atomic E-state index is 11.5. The lowest BCUT2D eigenvalue weighted by Crippen LogP contribution is -2.38. The van der Waals surface area contributed by atoms with Crippen molar-refractivity contribution in [3.05, 3.63) is 59.5 Å². The molecule has 2 unspecified atom stereocenters. The Kier molecular flexibility index (Phi) is 6.58. The van der Waals surface area contributed by atoms with E-state index in [1.54, 1.807) is 0 Å². The lowest BCUT2D eigenvalue weighted by Gasteiger charge is -2.24. The predicted octanol–water partition coefficient (Wildman–Crippen LogP) is 2.66. The number of nitrogens with two attached hydrogens (primary N) is 1. The highest BCUT2D eigenvalue weighted by Crippen LogP contribution is 2.24. The summed E-state index contributed by atoms with van der Waals surface area (Å²) in [6.45, 7) is 5.09. The number of benzene rings is 1. The Morgan fingerprint density at radius 3 is 2.58 bits per heavy atom. The fourth-order valence-corrected chi connectivity index (χ4v) is 2.66. The third kappa shape index (κ3) is 4.94. The number of aliphatic hydroxyl groups is 1. The molecular weight excluding hydrogens is 304 g/mol. The summed E-state index contributed by atoms with van der Waals surface area (Å²) in [6, 6.07) is 11.1. The summed E-state index contributed by atoms with van der Waals surface area (Å²) in [5.41, 5.74) is 6.69. The van der Waals surface area contributed by atoms with Crippen molar-refractivity contribution < 1.29 is 14.3 Å². The minimum Gasteiger partial charge on any atom is -0.466 e. The third-order valence-corrected chi connectivity index (χ3v) is 4.04. The molecule has 2 aromatic rings. The molecule has 0 saturated heterocycles. The highest BCUT2D eigenvalue weighted by atomic mass is 16.4. The molecule has 0 fully saturated rings. The number of aliphatic hydroxyl groups excluding tert-OH is 1. The molecule has 0 saturated carbocycles. The minimum atomic E-state index is -0.949. The first-order chi connectivity index (χ1) is 11.5. The lowest BCUT2D eigenvalue weighted by atomic mass is 9.97. The van der Waals surface area contributed by atoms with Gasteiger partial charge >= 0.3 is 0 Å². The van der Waals surface area contributed by atoms with E-state index in [-0.39, 0.29) is 17.4 Å². The summed E-state index contributed by atoms with van der Waals surface area (Å²) < 4.78 is 5.34. The summed E-state index contributed by atoms with van der Waals surface area (Å²) in [7, 11) is 0. The number of amides is 1. The molecule has 0 bridgehead atoms. The molecule has 1 aromatic carbocycles. The van der Waals surface area contributed by atoms with Gasteiger partial charge in [0.2, 0.25) is 0 Å². The van der Waals surface area contributed by atoms with Crippen LogP contribution in [0.4, 0.5) is 0 Å². The Hall–Kier alpha value is -2.11. The molecule has 2 atom stereocenters. The molecule has 0 aliphatic rings. The first kappa shape index (κ1) is 18.2. The van der Waals surface area contributed by atoms with Gasteiger partial charge in [-0.2, -0.15) is 0 Å². The zero-order valence-corrected chi connectivity index (χ0v) is 14.2. The van der Waals surface area contributed by atoms with E-state index in [4.69, 9.17) is 10.2 Å². The van der Waals surface area contributed by atoms with Crippen LogP contribution in [0.25, 0.3) is 0 Å². The van der Waals surface area contributed by atoms with E-state index in [1.807, 2.05) is 30.3 Å². The standard InChI is InChI=1S/C19H26N2O3/c1-13(2)8-10-21-16(12-14-6-4-3-5-7-14)17(22)18-15(19(20)23)9-11-24-18/h3-7,9,11,13,16-17,21-22H,8,10,12H2,1-2H3,(H2,20,23). The maximum absolute atomic E-state index is 11.5. The molecule has 4 N–H and O–H groups in total. The molecule has 5 heteroatoms. The number of hydrogen-bond acceptors (Lipinski definition) is 4. The van der Waals surface area contributed by atoms with Crippen molar-refractivity contribution in [1.82, 2.24) is 5.32 Å². The normalized spacial score (nSPS) is 13.8. The van der Waals surface area contributed by atoms with Gasteiger partial charge in [0.25, 0.3) is 5.91 Å². The Balaban J connectivity index is 2.16. The first-order valence-corrected chi connectivity index (χ1v) is 8.31. The van der Waals surface area contributed by atoms with Gasteiger partial charge in [-0.3, -0.25) is 4.79 Å². The van der Waals surface area contributed by atoms with E-state index in [2.05, 4.69) is 19.2 Å². The van der Waals surface area contributed by atoms with Gasteiger partial charge in [-0.1, -0.05) is 44.2 Å². The zero-order chi connectivity index (χ0) is 17.5. The molecule has 0 aliphatic heterocycles. The number of rotatable bonds is 9. The molecule has 0 spiro atoms. The molecule has 24 heavy (non-hydrogen) atoms. The van der Waals surface area contributed by atoms with Gasteiger partial charge in [0.1, 0.15) is 11.9 Å². The van der Waals surface area contributed by atoms with Crippen molar-refractivity contribution in [2.45, 2.75) is 38.8 Å². The first-order valence-electron chi connectivity index (χ1n) is 8.31. The van der Waals surface area contributed by atoms with Crippen molar-refractivity contribution in [2.24, 2.45) is 11.7 Å². The summed E-state index contributed by atoms with van der Waals surface area (Å²) in [5, 5.41) is 14.2. The molecular formula is C19H26N2O3. The second kappa shape index (κ2) is 8.66. The van der Waals surface area contributed by atoms with Crippen LogP contribution in [0.5, 0.6) is 0 Å². The van der Waals surface area contributed by atoms with Crippen molar-refractivity contribution >= 4 is 5.91 Å². The average Bonchev–Trinajstić information content (AvgIpc) is 3.04. The number of primary amides is 1. The van der Waals surface area contributed by atoms with Crippen LogP contribution in [0, 0.1) is 5.92 Å². The van der Waals surface area contributed by atoms with E-state index in [9.17, 15) is 9.90 Å². The molecule has 130 valence electrons. The molecule has 1 heterocycles. The zero-order valence-electron chi connectivity index (χ0n) is 14.2. The van der Waals surface area contributed by atoms with Crippen LogP contribution in [0.15, 0.2) is 47.1 Å². The Morgan fingerprint density at radius 2 is 1.96 bits per heavy atom. The minimum absolute atomic E-state index is 0.223. The maximum Gasteiger partial charge on any atom is 0.252 e. The van der Waals surface area contributed by atoms with Crippen LogP contribution in [0.2, 0.25) is 0 Å². The van der Waals surface area contributed by atoms with Crippen LogP contribution < -0.4 is 11.1 Å². The van der Waals surface area contributed by atoms with Gasteiger partial charge < -0.3 is 20.6 Å². The van der Waals surface area contributed by atoms with Gasteiger partial charge in [0.05, 0.1) is 11.8 Å². The quantitative estimate of drug-likeness (QED) is 0.659. The molecule has 2 rings (SSSR count). The molecule has 1 aromatic heterocycles. The van der Waals surface area contributed by atoms with Gasteiger partial charge in [-0.25, -0.2) is 0 Å². The van der Waals surface area contributed by atoms with Crippen LogP contribution in [-0.2, 0) is 6.42 Å². The topological polar surface area (TPSA) is 88.5 Å². The van der Waals surface area contributed by atoms with E-state index in [1.165, 1.54) is 12.3 Å². The Bertz CT molecular complexity index is 637. The van der Waals surface area contributed by atoms with Gasteiger partial charge in [-0.05, 0) is 36.9 Å². The number of carbonyl (C=O) groups is 1. The average molecular weight is 330 g/mol. The number of nitrogens with one attached hydrogen (secondary N) is 1. The van der Waals surface area contributed by atoms with Crippen molar-refractivity contribution in [3.8, 4) is 0 Å². The summed E-state index contributed by atoms with van der Waals surface area (Å²) in [4.78, 5) is 11.5. The Morgan fingerprint density at radius 1 is 1.25 bits per heavy atom. The predicted molar refractivity (Wildman–Crippen MR) is 93.6 cm³/mol. The van der Waals surface area contributed by atoms with Crippen molar-refractivity contribution in [2.75, 3.05) is 6.54 Å². The van der Waals surface area contributed by atoms with E-state index in [0.717, 1.165) is 18.5 Å². The number of carbonyl (C=O) groups excluding carboxylic acids is 1. The van der Waals surface area contributed by atoms with E-state index in [0.29, 0.717) is 12.3 Å².